The summed E-state index contributed by atoms with van der Waals surface area (Å²) in [6.07, 6.45) is 0. The number of methoxy groups -OCH3 is 1. The number of guanidine groups is 1. The van der Waals surface area contributed by atoms with Crippen molar-refractivity contribution in [3.63, 3.8) is 0 Å². The predicted octanol–water partition coefficient (Wildman–Crippen LogP) is 2.48. The third-order valence-corrected chi connectivity index (χ3v) is 5.32. The highest BCUT2D eigenvalue weighted by Crippen LogP contribution is 2.12. The van der Waals surface area contributed by atoms with Crippen molar-refractivity contribution in [3.05, 3.63) is 59.7 Å². The van der Waals surface area contributed by atoms with Gasteiger partial charge in [0.2, 0.25) is 10.0 Å². The van der Waals surface area contributed by atoms with Crippen LogP contribution in [0, 0.1) is 0 Å². The molecule has 0 spiro atoms. The Balaban J connectivity index is 0.00000392. The summed E-state index contributed by atoms with van der Waals surface area (Å²) in [6.45, 7) is 3.82. The van der Waals surface area contributed by atoms with Gasteiger partial charge in [-0.15, -0.1) is 24.0 Å². The molecular weight excluding hydrogens is 491 g/mol. The van der Waals surface area contributed by atoms with Gasteiger partial charge in [-0.25, -0.2) is 18.1 Å². The summed E-state index contributed by atoms with van der Waals surface area (Å²) in [5.41, 5.74) is 2.04. The molecule has 0 aliphatic rings. The van der Waals surface area contributed by atoms with E-state index in [0.717, 1.165) is 23.4 Å². The highest BCUT2D eigenvalue weighted by molar-refractivity contribution is 14.0. The molecule has 7 nitrogen and oxygen atoms in total. The van der Waals surface area contributed by atoms with Crippen molar-refractivity contribution in [2.75, 3.05) is 20.7 Å². The van der Waals surface area contributed by atoms with Crippen LogP contribution in [0.5, 0.6) is 5.75 Å². The Morgan fingerprint density at radius 3 is 2.14 bits per heavy atom. The summed E-state index contributed by atoms with van der Waals surface area (Å²) in [6, 6.07) is 14.5. The van der Waals surface area contributed by atoms with E-state index in [2.05, 4.69) is 20.3 Å². The van der Waals surface area contributed by atoms with Crippen molar-refractivity contribution in [1.82, 2.24) is 15.4 Å². The average Bonchev–Trinajstić information content (AvgIpc) is 2.70. The molecule has 0 atom stereocenters. The fraction of sp³-hybridized carbons (Fsp3) is 0.316. The van der Waals surface area contributed by atoms with Crippen LogP contribution in [0.25, 0.3) is 0 Å². The third-order valence-electron chi connectivity index (χ3n) is 3.89. The Morgan fingerprint density at radius 2 is 1.61 bits per heavy atom. The second-order valence-corrected chi connectivity index (χ2v) is 7.63. The quantitative estimate of drug-likeness (QED) is 0.284. The largest absolute Gasteiger partial charge is 0.497 e. The van der Waals surface area contributed by atoms with E-state index in [9.17, 15) is 8.42 Å². The first-order chi connectivity index (χ1) is 13.0. The molecule has 0 saturated carbocycles. The van der Waals surface area contributed by atoms with Gasteiger partial charge < -0.3 is 15.4 Å². The van der Waals surface area contributed by atoms with Gasteiger partial charge in [0.15, 0.2) is 5.96 Å². The summed E-state index contributed by atoms with van der Waals surface area (Å²) in [5, 5.41) is 6.45. The average molecular weight is 518 g/mol. The number of hydrogen-bond donors (Lipinski definition) is 3. The van der Waals surface area contributed by atoms with E-state index >= 15 is 0 Å². The number of nitrogens with one attached hydrogen (secondary N) is 3. The van der Waals surface area contributed by atoms with Gasteiger partial charge >= 0.3 is 0 Å². The van der Waals surface area contributed by atoms with Crippen molar-refractivity contribution in [1.29, 1.82) is 0 Å². The zero-order chi connectivity index (χ0) is 19.7. The van der Waals surface area contributed by atoms with Crippen LogP contribution in [-0.2, 0) is 23.1 Å². The van der Waals surface area contributed by atoms with E-state index in [-0.39, 0.29) is 28.9 Å². The maximum absolute atomic E-state index is 11.8. The Hall–Kier alpha value is -1.85. The predicted molar refractivity (Wildman–Crippen MR) is 123 cm³/mol. The highest BCUT2D eigenvalue weighted by atomic mass is 127. The van der Waals surface area contributed by atoms with Gasteiger partial charge in [-0.2, -0.15) is 0 Å². The molecule has 0 fully saturated rings. The van der Waals surface area contributed by atoms with E-state index in [1.807, 2.05) is 31.2 Å². The standard InChI is InChI=1S/C19H26N4O3S.HI/c1-4-21-19(22-13-15-5-9-17(26-3)10-6-15)23-14-16-7-11-18(12-8-16)27(24,25)20-2;/h5-12,20H,4,13-14H2,1-3H3,(H2,21,22,23);1H. The summed E-state index contributed by atoms with van der Waals surface area (Å²) in [7, 11) is -0.379. The molecule has 154 valence electrons. The van der Waals surface area contributed by atoms with Crippen molar-refractivity contribution < 1.29 is 13.2 Å². The summed E-state index contributed by atoms with van der Waals surface area (Å²) in [4.78, 5) is 4.82. The fourth-order valence-corrected chi connectivity index (χ4v) is 3.06. The molecule has 3 N–H and O–H groups in total. The molecule has 0 bridgehead atoms. The summed E-state index contributed by atoms with van der Waals surface area (Å²) in [5.74, 6) is 1.51. The monoisotopic (exact) mass is 518 g/mol. The molecule has 2 aromatic rings. The number of halogens is 1. The van der Waals surface area contributed by atoms with Gasteiger partial charge in [-0.05, 0) is 49.4 Å². The maximum Gasteiger partial charge on any atom is 0.240 e. The number of sulfonamides is 1. The number of aliphatic imine (C=N–C) groups is 1. The van der Waals surface area contributed by atoms with Gasteiger partial charge in [0.25, 0.3) is 0 Å². The van der Waals surface area contributed by atoms with Crippen LogP contribution >= 0.6 is 24.0 Å². The van der Waals surface area contributed by atoms with Gasteiger partial charge in [0.05, 0.1) is 18.6 Å². The molecule has 0 aliphatic heterocycles. The summed E-state index contributed by atoms with van der Waals surface area (Å²) < 4.78 is 31.0. The Bertz CT molecular complexity index is 854. The van der Waals surface area contributed by atoms with E-state index in [1.54, 1.807) is 31.4 Å². The van der Waals surface area contributed by atoms with Crippen LogP contribution in [0.15, 0.2) is 58.4 Å². The minimum absolute atomic E-state index is 0. The number of ether oxygens (including phenoxy) is 1. The Kier molecular flexibility index (Phi) is 10.3. The lowest BCUT2D eigenvalue weighted by molar-refractivity contribution is 0.414. The third kappa shape index (κ3) is 7.28. The minimum Gasteiger partial charge on any atom is -0.497 e. The smallest absolute Gasteiger partial charge is 0.240 e. The van der Waals surface area contributed by atoms with Crippen molar-refractivity contribution >= 4 is 40.0 Å². The fourth-order valence-electron chi connectivity index (χ4n) is 2.33. The van der Waals surface area contributed by atoms with E-state index in [0.29, 0.717) is 19.0 Å². The number of rotatable bonds is 8. The van der Waals surface area contributed by atoms with Crippen molar-refractivity contribution in [2.45, 2.75) is 24.9 Å². The van der Waals surface area contributed by atoms with E-state index in [4.69, 9.17) is 4.74 Å². The van der Waals surface area contributed by atoms with Crippen LogP contribution in [-0.4, -0.2) is 35.1 Å². The first-order valence-corrected chi connectivity index (χ1v) is 10.1. The Morgan fingerprint density at radius 1 is 1.00 bits per heavy atom. The molecule has 0 amide bonds. The molecule has 0 aliphatic carbocycles. The zero-order valence-electron chi connectivity index (χ0n) is 16.2. The van der Waals surface area contributed by atoms with Crippen LogP contribution in [0.4, 0.5) is 0 Å². The second-order valence-electron chi connectivity index (χ2n) is 5.75. The molecule has 0 aromatic heterocycles. The molecule has 0 saturated heterocycles. The molecular formula is C19H27IN4O3S. The zero-order valence-corrected chi connectivity index (χ0v) is 19.4. The van der Waals surface area contributed by atoms with E-state index < -0.39 is 10.0 Å². The lowest BCUT2D eigenvalue weighted by atomic mass is 10.2. The highest BCUT2D eigenvalue weighted by Gasteiger charge is 2.10. The molecule has 0 unspecified atom stereocenters. The molecule has 9 heteroatoms. The topological polar surface area (TPSA) is 91.8 Å². The number of nitrogens with zero attached hydrogens (tertiary/aromatic N) is 1. The lowest BCUT2D eigenvalue weighted by Crippen LogP contribution is -2.36. The van der Waals surface area contributed by atoms with Gasteiger partial charge in [-0.3, -0.25) is 0 Å². The van der Waals surface area contributed by atoms with Crippen molar-refractivity contribution in [3.8, 4) is 5.75 Å². The molecule has 0 heterocycles. The number of benzene rings is 2. The Labute approximate surface area is 184 Å². The van der Waals surface area contributed by atoms with Crippen LogP contribution < -0.4 is 20.1 Å². The normalized spacial score (nSPS) is 11.5. The maximum atomic E-state index is 11.8. The minimum atomic E-state index is -3.41. The van der Waals surface area contributed by atoms with E-state index in [1.165, 1.54) is 7.05 Å². The van der Waals surface area contributed by atoms with Gasteiger partial charge in [0, 0.05) is 13.1 Å². The second kappa shape index (κ2) is 11.9. The van der Waals surface area contributed by atoms with Crippen LogP contribution in [0.1, 0.15) is 18.1 Å². The van der Waals surface area contributed by atoms with Crippen LogP contribution in [0.3, 0.4) is 0 Å². The molecule has 0 radical (unpaired) electrons. The SMILES string of the molecule is CCNC(=NCc1ccc(OC)cc1)NCc1ccc(S(=O)(=O)NC)cc1.I. The van der Waals surface area contributed by atoms with Crippen LogP contribution in [0.2, 0.25) is 0 Å². The summed E-state index contributed by atoms with van der Waals surface area (Å²) >= 11 is 0. The molecule has 2 aromatic carbocycles. The van der Waals surface area contributed by atoms with Crippen molar-refractivity contribution in [2.24, 2.45) is 4.99 Å². The number of hydrogen-bond acceptors (Lipinski definition) is 4. The molecule has 28 heavy (non-hydrogen) atoms. The van der Waals surface area contributed by atoms with Gasteiger partial charge in [0.1, 0.15) is 5.75 Å². The first kappa shape index (κ1) is 24.2. The van der Waals surface area contributed by atoms with Gasteiger partial charge in [-0.1, -0.05) is 24.3 Å². The first-order valence-electron chi connectivity index (χ1n) is 8.66. The lowest BCUT2D eigenvalue weighted by Gasteiger charge is -2.12. The molecule has 2 rings (SSSR count).